The van der Waals surface area contributed by atoms with E-state index in [1.165, 1.54) is 12.1 Å². The fourth-order valence-corrected chi connectivity index (χ4v) is 1.16. The normalized spacial score (nSPS) is 9.61. The fraction of sp³-hybridized carbons (Fsp3) is 0.250. The van der Waals surface area contributed by atoms with Gasteiger partial charge in [0.15, 0.2) is 0 Å². The quantitative estimate of drug-likeness (QED) is 0.195. The van der Waals surface area contributed by atoms with Gasteiger partial charge in [0.25, 0.3) is 5.69 Å². The Labute approximate surface area is 102 Å². The lowest BCUT2D eigenvalue weighted by Gasteiger charge is -2.07. The van der Waals surface area contributed by atoms with Gasteiger partial charge < -0.3 is 21.8 Å². The van der Waals surface area contributed by atoms with Gasteiger partial charge in [-0.1, -0.05) is 0 Å². The molecule has 7 N–H and O–H groups in total. The summed E-state index contributed by atoms with van der Waals surface area (Å²) in [5, 5.41) is 15.8. The van der Waals surface area contributed by atoms with Crippen LogP contribution in [0.2, 0.25) is 0 Å². The minimum Gasteiger partial charge on any atom is -0.368 e. The third-order valence-corrected chi connectivity index (χ3v) is 1.90. The number of hydrazine groups is 1. The molecule has 98 valence electrons. The Morgan fingerprint density at radius 1 is 1.39 bits per heavy atom. The van der Waals surface area contributed by atoms with E-state index in [-0.39, 0.29) is 23.9 Å². The van der Waals surface area contributed by atoms with Crippen molar-refractivity contribution in [3.8, 4) is 0 Å². The van der Waals surface area contributed by atoms with E-state index < -0.39 is 11.0 Å². The third kappa shape index (κ3) is 4.09. The van der Waals surface area contributed by atoms with Crippen molar-refractivity contribution in [2.45, 2.75) is 0 Å². The van der Waals surface area contributed by atoms with Gasteiger partial charge in [-0.05, 0) is 0 Å². The number of urea groups is 1. The van der Waals surface area contributed by atoms with Gasteiger partial charge in [-0.3, -0.25) is 10.1 Å². The summed E-state index contributed by atoms with van der Waals surface area (Å²) >= 11 is 0. The molecule has 18 heavy (non-hydrogen) atoms. The van der Waals surface area contributed by atoms with Gasteiger partial charge in [-0.2, -0.15) is 0 Å². The molecule has 0 aliphatic rings. The number of nitrogens with one attached hydrogen (secondary N) is 3. The number of primary amides is 1. The number of carbonyl (C=O) groups is 1. The number of amides is 2. The number of nitro groups is 1. The van der Waals surface area contributed by atoms with E-state index >= 15 is 0 Å². The largest absolute Gasteiger partial charge is 0.368 e. The molecule has 0 unspecified atom stereocenters. The van der Waals surface area contributed by atoms with Crippen LogP contribution < -0.4 is 27.6 Å². The van der Waals surface area contributed by atoms with Crippen molar-refractivity contribution in [2.24, 2.45) is 11.6 Å². The summed E-state index contributed by atoms with van der Waals surface area (Å²) < 4.78 is 0. The highest BCUT2D eigenvalue weighted by Gasteiger charge is 2.10. The molecule has 0 fully saturated rings. The average molecular weight is 255 g/mol. The maximum Gasteiger partial charge on any atom is 0.312 e. The van der Waals surface area contributed by atoms with Crippen LogP contribution in [0.5, 0.6) is 0 Å². The molecule has 0 radical (unpaired) electrons. The number of rotatable bonds is 6. The Balaban J connectivity index is 2.66. The maximum absolute atomic E-state index is 10.6. The molecule has 0 atom stereocenters. The minimum atomic E-state index is -0.645. The van der Waals surface area contributed by atoms with Crippen molar-refractivity contribution in [3.05, 3.63) is 22.2 Å². The van der Waals surface area contributed by atoms with Gasteiger partial charge >= 0.3 is 6.03 Å². The lowest BCUT2D eigenvalue weighted by molar-refractivity contribution is -0.384. The van der Waals surface area contributed by atoms with Crippen LogP contribution in [0, 0.1) is 10.1 Å². The minimum absolute atomic E-state index is 0.150. The van der Waals surface area contributed by atoms with Crippen molar-refractivity contribution < 1.29 is 9.72 Å². The molecule has 1 aromatic heterocycles. The summed E-state index contributed by atoms with van der Waals surface area (Å²) in [6.07, 6.45) is 0. The van der Waals surface area contributed by atoms with E-state index in [0.717, 1.165) is 0 Å². The first-order chi connectivity index (χ1) is 8.52. The molecular formula is C8H13N7O3. The summed E-state index contributed by atoms with van der Waals surface area (Å²) in [6.45, 7) is 0.589. The predicted molar refractivity (Wildman–Crippen MR) is 64.8 cm³/mol. The highest BCUT2D eigenvalue weighted by atomic mass is 16.6. The van der Waals surface area contributed by atoms with Gasteiger partial charge in [0, 0.05) is 13.1 Å². The third-order valence-electron chi connectivity index (χ3n) is 1.90. The van der Waals surface area contributed by atoms with Crippen LogP contribution in [0.15, 0.2) is 12.1 Å². The number of nitrogens with two attached hydrogens (primary N) is 2. The second-order valence-electron chi connectivity index (χ2n) is 3.22. The molecule has 0 bridgehead atoms. The first-order valence-corrected chi connectivity index (χ1v) is 4.93. The second-order valence-corrected chi connectivity index (χ2v) is 3.22. The molecule has 1 heterocycles. The number of hydrogen-bond acceptors (Lipinski definition) is 7. The van der Waals surface area contributed by atoms with Crippen molar-refractivity contribution in [1.29, 1.82) is 0 Å². The van der Waals surface area contributed by atoms with Crippen molar-refractivity contribution in [1.82, 2.24) is 10.3 Å². The van der Waals surface area contributed by atoms with Crippen LogP contribution in [0.4, 0.5) is 22.1 Å². The SMILES string of the molecule is NNc1cc([N+](=O)[O-])cc(NCCNC(N)=O)n1. The van der Waals surface area contributed by atoms with E-state index in [4.69, 9.17) is 11.6 Å². The van der Waals surface area contributed by atoms with Crippen LogP contribution in [-0.2, 0) is 0 Å². The van der Waals surface area contributed by atoms with Crippen LogP contribution in [0.3, 0.4) is 0 Å². The molecule has 2 amide bonds. The van der Waals surface area contributed by atoms with E-state index in [2.05, 4.69) is 21.0 Å². The zero-order chi connectivity index (χ0) is 13.5. The van der Waals surface area contributed by atoms with Gasteiger partial charge in [0.05, 0.1) is 17.1 Å². The van der Waals surface area contributed by atoms with Crippen molar-refractivity contribution in [2.75, 3.05) is 23.8 Å². The number of carbonyl (C=O) groups excluding carboxylic acids is 1. The lowest BCUT2D eigenvalue weighted by atomic mass is 10.3. The van der Waals surface area contributed by atoms with Gasteiger partial charge in [0.2, 0.25) is 0 Å². The van der Waals surface area contributed by atoms with E-state index in [1.807, 2.05) is 0 Å². The molecule has 1 aromatic rings. The second kappa shape index (κ2) is 6.20. The standard InChI is InChI=1S/C8H13N7O3/c9-8(16)12-2-1-11-6-3-5(15(17)18)4-7(13-6)14-10/h3-4H,1-2,10H2,(H3,9,12,16)(H2,11,13,14). The lowest BCUT2D eigenvalue weighted by Crippen LogP contribution is -2.33. The van der Waals surface area contributed by atoms with Gasteiger partial charge in [0.1, 0.15) is 11.6 Å². The van der Waals surface area contributed by atoms with Crippen molar-refractivity contribution >= 4 is 23.4 Å². The molecule has 0 saturated heterocycles. The van der Waals surface area contributed by atoms with Crippen molar-refractivity contribution in [3.63, 3.8) is 0 Å². The zero-order valence-corrected chi connectivity index (χ0v) is 9.34. The molecule has 0 aliphatic carbocycles. The molecule has 10 heteroatoms. The molecule has 0 aromatic carbocycles. The Hall–Kier alpha value is -2.62. The summed E-state index contributed by atoms with van der Waals surface area (Å²) in [4.78, 5) is 24.5. The van der Waals surface area contributed by atoms with Crippen LogP contribution in [-0.4, -0.2) is 29.0 Å². The number of nitrogens with zero attached hydrogens (tertiary/aromatic N) is 2. The Morgan fingerprint density at radius 3 is 2.61 bits per heavy atom. The topological polar surface area (TPSA) is 161 Å². The van der Waals surface area contributed by atoms with Crippen LogP contribution in [0.25, 0.3) is 0 Å². The smallest absolute Gasteiger partial charge is 0.312 e. The molecule has 0 aliphatic heterocycles. The van der Waals surface area contributed by atoms with Crippen LogP contribution in [0.1, 0.15) is 0 Å². The van der Waals surface area contributed by atoms with Crippen LogP contribution >= 0.6 is 0 Å². The van der Waals surface area contributed by atoms with E-state index in [9.17, 15) is 14.9 Å². The Kier molecular flexibility index (Phi) is 4.63. The molecule has 0 spiro atoms. The molecule has 0 saturated carbocycles. The van der Waals surface area contributed by atoms with Gasteiger partial charge in [-0.15, -0.1) is 0 Å². The maximum atomic E-state index is 10.6. The summed E-state index contributed by atoms with van der Waals surface area (Å²) in [6, 6.07) is 1.81. The average Bonchev–Trinajstić information content (AvgIpc) is 2.34. The Morgan fingerprint density at radius 2 is 2.06 bits per heavy atom. The Bertz CT molecular complexity index is 450. The summed E-state index contributed by atoms with van der Waals surface area (Å²) in [5.41, 5.74) is 6.95. The van der Waals surface area contributed by atoms with E-state index in [0.29, 0.717) is 6.54 Å². The summed E-state index contributed by atoms with van der Waals surface area (Å²) in [7, 11) is 0. The highest BCUT2D eigenvalue weighted by Crippen LogP contribution is 2.19. The fourth-order valence-electron chi connectivity index (χ4n) is 1.16. The first-order valence-electron chi connectivity index (χ1n) is 4.93. The molecular weight excluding hydrogens is 242 g/mol. The number of nitrogen functional groups attached to an aromatic ring is 1. The van der Waals surface area contributed by atoms with E-state index in [1.54, 1.807) is 0 Å². The number of anilines is 2. The molecule has 10 nitrogen and oxygen atoms in total. The number of aromatic nitrogens is 1. The predicted octanol–water partition coefficient (Wildman–Crippen LogP) is -0.644. The van der Waals surface area contributed by atoms with Gasteiger partial charge in [-0.25, -0.2) is 15.6 Å². The molecule has 1 rings (SSSR count). The number of pyridine rings is 1. The monoisotopic (exact) mass is 255 g/mol. The number of hydrogen-bond donors (Lipinski definition) is 5. The highest BCUT2D eigenvalue weighted by molar-refractivity contribution is 5.71. The summed E-state index contributed by atoms with van der Waals surface area (Å²) in [5.74, 6) is 5.57. The first kappa shape index (κ1) is 13.4. The zero-order valence-electron chi connectivity index (χ0n) is 9.34.